The average Bonchev–Trinajstić information content (AvgIpc) is 2.16. The summed E-state index contributed by atoms with van der Waals surface area (Å²) in [5.41, 5.74) is 13.0. The summed E-state index contributed by atoms with van der Waals surface area (Å²) in [4.78, 5) is 7.98. The number of nitrogens with two attached hydrogens (primary N) is 2. The summed E-state index contributed by atoms with van der Waals surface area (Å²) in [7, 11) is 0. The Hall–Kier alpha value is -1.84. The Morgan fingerprint density at radius 2 is 1.69 bits per heavy atom. The maximum absolute atomic E-state index is 5.59. The summed E-state index contributed by atoms with van der Waals surface area (Å²) >= 11 is 0. The van der Waals surface area contributed by atoms with Crippen molar-refractivity contribution in [1.82, 2.24) is 0 Å². The number of hydrogen-bond acceptors (Lipinski definition) is 1. The molecule has 0 bridgehead atoms. The van der Waals surface area contributed by atoms with Crippen molar-refractivity contribution in [2.24, 2.45) is 21.5 Å². The van der Waals surface area contributed by atoms with Crippen LogP contribution in [-0.4, -0.2) is 11.8 Å². The first-order valence-corrected chi connectivity index (χ1v) is 5.24. The lowest BCUT2D eigenvalue weighted by Crippen LogP contribution is -2.15. The molecule has 4 nitrogen and oxygen atoms in total. The van der Waals surface area contributed by atoms with Gasteiger partial charge in [0.05, 0.1) is 11.5 Å². The third-order valence-corrected chi connectivity index (χ3v) is 2.09. The van der Waals surface area contributed by atoms with E-state index >= 15 is 0 Å². The van der Waals surface area contributed by atoms with Crippen LogP contribution in [0, 0.1) is 0 Å². The summed E-state index contributed by atoms with van der Waals surface area (Å²) in [6.07, 6.45) is 0. The SMILES string of the molecule is CC(N)=NC(N)=Nc1ccc(C(C)C)cc1. The van der Waals surface area contributed by atoms with Crippen LogP contribution in [-0.2, 0) is 0 Å². The highest BCUT2D eigenvalue weighted by Crippen LogP contribution is 2.18. The van der Waals surface area contributed by atoms with Crippen LogP contribution < -0.4 is 11.5 Å². The molecule has 0 radical (unpaired) electrons. The summed E-state index contributed by atoms with van der Waals surface area (Å²) < 4.78 is 0. The standard InChI is InChI=1S/C12H18N4/c1-8(2)10-4-6-11(7-5-10)16-12(14)15-9(3)13/h4-8H,1-3H3,(H4,13,14,15,16). The lowest BCUT2D eigenvalue weighted by Gasteiger charge is -2.04. The van der Waals surface area contributed by atoms with E-state index in [-0.39, 0.29) is 5.96 Å². The van der Waals surface area contributed by atoms with E-state index in [2.05, 4.69) is 23.8 Å². The molecule has 0 saturated carbocycles. The van der Waals surface area contributed by atoms with Gasteiger partial charge in [0.1, 0.15) is 0 Å². The van der Waals surface area contributed by atoms with Gasteiger partial charge in [0.2, 0.25) is 5.96 Å². The molecule has 1 aromatic carbocycles. The largest absolute Gasteiger partial charge is 0.387 e. The molecule has 0 aliphatic carbocycles. The van der Waals surface area contributed by atoms with Crippen LogP contribution in [0.5, 0.6) is 0 Å². The molecule has 86 valence electrons. The van der Waals surface area contributed by atoms with Crippen molar-refractivity contribution >= 4 is 17.5 Å². The highest BCUT2D eigenvalue weighted by molar-refractivity contribution is 5.94. The lowest BCUT2D eigenvalue weighted by molar-refractivity contribution is 0.867. The zero-order chi connectivity index (χ0) is 12.1. The minimum absolute atomic E-state index is 0.178. The van der Waals surface area contributed by atoms with Crippen LogP contribution in [0.2, 0.25) is 0 Å². The number of aliphatic imine (C=N–C) groups is 2. The van der Waals surface area contributed by atoms with Gasteiger partial charge in [-0.1, -0.05) is 26.0 Å². The van der Waals surface area contributed by atoms with Crippen LogP contribution >= 0.6 is 0 Å². The van der Waals surface area contributed by atoms with Gasteiger partial charge < -0.3 is 11.5 Å². The average molecular weight is 218 g/mol. The molecule has 0 unspecified atom stereocenters. The molecule has 0 atom stereocenters. The van der Waals surface area contributed by atoms with E-state index in [0.717, 1.165) is 5.69 Å². The van der Waals surface area contributed by atoms with Crippen molar-refractivity contribution < 1.29 is 0 Å². The molecule has 0 spiro atoms. The normalized spacial score (nSPS) is 13.2. The third-order valence-electron chi connectivity index (χ3n) is 2.09. The molecule has 1 aromatic rings. The maximum atomic E-state index is 5.59. The Balaban J connectivity index is 2.87. The van der Waals surface area contributed by atoms with E-state index in [1.807, 2.05) is 24.3 Å². The second-order valence-corrected chi connectivity index (χ2v) is 3.97. The van der Waals surface area contributed by atoms with Crippen molar-refractivity contribution in [3.05, 3.63) is 29.8 Å². The van der Waals surface area contributed by atoms with Crippen molar-refractivity contribution in [2.45, 2.75) is 26.7 Å². The predicted octanol–water partition coefficient (Wildman–Crippen LogP) is 2.13. The fourth-order valence-electron chi connectivity index (χ4n) is 1.27. The van der Waals surface area contributed by atoms with Gasteiger partial charge in [-0.2, -0.15) is 0 Å². The summed E-state index contributed by atoms with van der Waals surface area (Å²) in [6, 6.07) is 7.92. The predicted molar refractivity (Wildman–Crippen MR) is 69.1 cm³/mol. The molecule has 0 heterocycles. The van der Waals surface area contributed by atoms with Gasteiger partial charge in [0.25, 0.3) is 0 Å². The Morgan fingerprint density at radius 3 is 2.12 bits per heavy atom. The van der Waals surface area contributed by atoms with E-state index in [9.17, 15) is 0 Å². The van der Waals surface area contributed by atoms with Gasteiger partial charge >= 0.3 is 0 Å². The minimum atomic E-state index is 0.178. The molecule has 1 rings (SSSR count). The Kier molecular flexibility index (Phi) is 4.05. The Labute approximate surface area is 96.1 Å². The fourth-order valence-corrected chi connectivity index (χ4v) is 1.27. The quantitative estimate of drug-likeness (QED) is 0.589. The van der Waals surface area contributed by atoms with Gasteiger partial charge in [-0.15, -0.1) is 0 Å². The van der Waals surface area contributed by atoms with Gasteiger partial charge in [0, 0.05) is 0 Å². The molecule has 0 amide bonds. The number of guanidine groups is 1. The van der Waals surface area contributed by atoms with Gasteiger partial charge in [-0.3, -0.25) is 0 Å². The topological polar surface area (TPSA) is 76.8 Å². The van der Waals surface area contributed by atoms with Crippen LogP contribution in [0.3, 0.4) is 0 Å². The van der Waals surface area contributed by atoms with E-state index in [1.54, 1.807) is 6.92 Å². The number of rotatable bonds is 2. The van der Waals surface area contributed by atoms with E-state index in [1.165, 1.54) is 5.56 Å². The Morgan fingerprint density at radius 1 is 1.12 bits per heavy atom. The first-order chi connectivity index (χ1) is 7.49. The molecule has 0 aromatic heterocycles. The number of benzene rings is 1. The molecule has 0 fully saturated rings. The second kappa shape index (κ2) is 5.30. The van der Waals surface area contributed by atoms with Gasteiger partial charge in [0.15, 0.2) is 0 Å². The molecular weight excluding hydrogens is 200 g/mol. The summed E-state index contributed by atoms with van der Waals surface area (Å²) in [5, 5.41) is 0. The first-order valence-electron chi connectivity index (χ1n) is 5.24. The van der Waals surface area contributed by atoms with Crippen LogP contribution in [0.15, 0.2) is 34.3 Å². The van der Waals surface area contributed by atoms with Crippen molar-refractivity contribution in [2.75, 3.05) is 0 Å². The molecule has 4 heteroatoms. The first kappa shape index (κ1) is 12.2. The second-order valence-electron chi connectivity index (χ2n) is 3.97. The molecule has 16 heavy (non-hydrogen) atoms. The molecule has 0 aliphatic rings. The van der Waals surface area contributed by atoms with Gasteiger partial charge in [-0.25, -0.2) is 9.98 Å². The zero-order valence-electron chi connectivity index (χ0n) is 9.94. The lowest BCUT2D eigenvalue weighted by atomic mass is 10.0. The number of hydrogen-bond donors (Lipinski definition) is 2. The fraction of sp³-hybridized carbons (Fsp3) is 0.333. The zero-order valence-corrected chi connectivity index (χ0v) is 9.94. The monoisotopic (exact) mass is 218 g/mol. The molecule has 4 N–H and O–H groups in total. The van der Waals surface area contributed by atoms with Gasteiger partial charge in [-0.05, 0) is 30.5 Å². The van der Waals surface area contributed by atoms with Crippen LogP contribution in [0.1, 0.15) is 32.3 Å². The summed E-state index contributed by atoms with van der Waals surface area (Å²) in [5.74, 6) is 1.09. The van der Waals surface area contributed by atoms with Crippen molar-refractivity contribution in [3.63, 3.8) is 0 Å². The Bertz CT molecular complexity index is 398. The minimum Gasteiger partial charge on any atom is -0.387 e. The number of amidine groups is 1. The van der Waals surface area contributed by atoms with Crippen LogP contribution in [0.4, 0.5) is 5.69 Å². The highest BCUT2D eigenvalue weighted by Gasteiger charge is 1.98. The molecule has 0 saturated heterocycles. The van der Waals surface area contributed by atoms with E-state index in [4.69, 9.17) is 11.5 Å². The highest BCUT2D eigenvalue weighted by atomic mass is 15.1. The third kappa shape index (κ3) is 3.73. The van der Waals surface area contributed by atoms with Crippen molar-refractivity contribution in [3.8, 4) is 0 Å². The van der Waals surface area contributed by atoms with E-state index < -0.39 is 0 Å². The van der Waals surface area contributed by atoms with Crippen LogP contribution in [0.25, 0.3) is 0 Å². The number of nitrogens with zero attached hydrogens (tertiary/aromatic N) is 2. The van der Waals surface area contributed by atoms with E-state index in [0.29, 0.717) is 11.8 Å². The smallest absolute Gasteiger partial charge is 0.222 e. The molecular formula is C12H18N4. The molecule has 0 aliphatic heterocycles. The maximum Gasteiger partial charge on any atom is 0.222 e. The van der Waals surface area contributed by atoms with Crippen molar-refractivity contribution in [1.29, 1.82) is 0 Å². The summed E-state index contributed by atoms with van der Waals surface area (Å²) in [6.45, 7) is 5.97.